The number of urea groups is 1. The Hall–Kier alpha value is -3.66. The molecule has 0 saturated carbocycles. The molecule has 1 aliphatic heterocycles. The summed E-state index contributed by atoms with van der Waals surface area (Å²) >= 11 is 1.09. The molecule has 2 heterocycles. The average Bonchev–Trinajstić information content (AvgIpc) is 3.12. The van der Waals surface area contributed by atoms with Crippen molar-refractivity contribution in [3.05, 3.63) is 70.5 Å². The number of rotatable bonds is 9. The molecule has 0 aliphatic carbocycles. The van der Waals surface area contributed by atoms with Gasteiger partial charge in [-0.2, -0.15) is 5.01 Å². The molecule has 10 heteroatoms. The van der Waals surface area contributed by atoms with Crippen LogP contribution in [0.3, 0.4) is 0 Å². The van der Waals surface area contributed by atoms with Crippen LogP contribution in [0.15, 0.2) is 64.5 Å². The Morgan fingerprint density at radius 3 is 2.49 bits per heavy atom. The number of thioether (sulfide) groups is 1. The lowest BCUT2D eigenvalue weighted by atomic mass is 9.87. The molecule has 182 valence electrons. The van der Waals surface area contributed by atoms with Gasteiger partial charge in [0.05, 0.1) is 16.7 Å². The zero-order valence-corrected chi connectivity index (χ0v) is 20.4. The molecule has 0 bridgehead atoms. The minimum atomic E-state index is -1.24. The summed E-state index contributed by atoms with van der Waals surface area (Å²) in [5, 5.41) is 4.40. The van der Waals surface area contributed by atoms with Crippen LogP contribution in [0.25, 0.3) is 10.9 Å². The van der Waals surface area contributed by atoms with E-state index in [2.05, 4.69) is 15.7 Å². The molecule has 0 radical (unpaired) electrons. The topological polar surface area (TPSA) is 113 Å². The molecule has 4 rings (SSSR count). The third kappa shape index (κ3) is 4.66. The van der Waals surface area contributed by atoms with Crippen molar-refractivity contribution in [2.75, 3.05) is 5.75 Å². The molecule has 1 atom stereocenters. The summed E-state index contributed by atoms with van der Waals surface area (Å²) in [4.78, 5) is 56.2. The molecule has 2 aromatic carbocycles. The Morgan fingerprint density at radius 1 is 1.06 bits per heavy atom. The van der Waals surface area contributed by atoms with Crippen LogP contribution in [0.2, 0.25) is 0 Å². The molecule has 0 spiro atoms. The number of hydrazine groups is 1. The van der Waals surface area contributed by atoms with E-state index < -0.39 is 23.4 Å². The van der Waals surface area contributed by atoms with E-state index >= 15 is 0 Å². The predicted octanol–water partition coefficient (Wildman–Crippen LogP) is 3.18. The minimum absolute atomic E-state index is 0.127. The number of aromatic nitrogens is 2. The predicted molar refractivity (Wildman–Crippen MR) is 134 cm³/mol. The van der Waals surface area contributed by atoms with E-state index in [1.165, 1.54) is 0 Å². The Morgan fingerprint density at radius 2 is 1.77 bits per heavy atom. The number of carbonyl (C=O) groups is 3. The summed E-state index contributed by atoms with van der Waals surface area (Å²) in [5.74, 6) is -1.22. The zero-order valence-electron chi connectivity index (χ0n) is 19.6. The third-order valence-electron chi connectivity index (χ3n) is 6.02. The van der Waals surface area contributed by atoms with Crippen molar-refractivity contribution < 1.29 is 14.4 Å². The number of carbonyl (C=O) groups excluding carboxylic acids is 3. The number of amides is 4. The second kappa shape index (κ2) is 10.3. The number of benzene rings is 2. The summed E-state index contributed by atoms with van der Waals surface area (Å²) in [6.45, 7) is 4.32. The molecule has 35 heavy (non-hydrogen) atoms. The van der Waals surface area contributed by atoms with E-state index in [1.807, 2.05) is 13.0 Å². The maximum absolute atomic E-state index is 13.2. The van der Waals surface area contributed by atoms with Crippen LogP contribution in [0.1, 0.15) is 38.7 Å². The van der Waals surface area contributed by atoms with E-state index in [0.29, 0.717) is 34.6 Å². The monoisotopic (exact) mass is 493 g/mol. The second-order valence-corrected chi connectivity index (χ2v) is 9.18. The first-order valence-corrected chi connectivity index (χ1v) is 12.5. The van der Waals surface area contributed by atoms with E-state index in [0.717, 1.165) is 29.6 Å². The molecule has 4 amide bonds. The number of nitrogens with zero attached hydrogens (tertiary/aromatic N) is 3. The van der Waals surface area contributed by atoms with E-state index in [9.17, 15) is 19.2 Å². The van der Waals surface area contributed by atoms with Crippen molar-refractivity contribution in [2.45, 2.75) is 50.4 Å². The van der Waals surface area contributed by atoms with Crippen molar-refractivity contribution in [2.24, 2.45) is 0 Å². The number of para-hydroxylation sites is 1. The van der Waals surface area contributed by atoms with Gasteiger partial charge in [-0.3, -0.25) is 24.4 Å². The van der Waals surface area contributed by atoms with Crippen LogP contribution >= 0.6 is 11.8 Å². The Labute approximate surface area is 206 Å². The molecule has 1 saturated heterocycles. The van der Waals surface area contributed by atoms with Gasteiger partial charge in [0, 0.05) is 6.54 Å². The Bertz CT molecular complexity index is 1330. The molecule has 1 aliphatic rings. The first-order valence-electron chi connectivity index (χ1n) is 11.6. The largest absolute Gasteiger partial charge is 0.344 e. The van der Waals surface area contributed by atoms with Crippen molar-refractivity contribution in [1.29, 1.82) is 0 Å². The number of imide groups is 1. The Kier molecular flexibility index (Phi) is 7.20. The van der Waals surface area contributed by atoms with Crippen molar-refractivity contribution in [3.8, 4) is 0 Å². The fraction of sp³-hybridized carbons (Fsp3) is 0.320. The number of nitrogens with one attached hydrogen (secondary N) is 2. The zero-order chi connectivity index (χ0) is 25.0. The van der Waals surface area contributed by atoms with Crippen LogP contribution < -0.4 is 16.3 Å². The van der Waals surface area contributed by atoms with Gasteiger partial charge in [0.15, 0.2) is 5.16 Å². The fourth-order valence-corrected chi connectivity index (χ4v) is 4.91. The molecular weight excluding hydrogens is 466 g/mol. The maximum Gasteiger partial charge on any atom is 0.344 e. The Balaban J connectivity index is 1.51. The van der Waals surface area contributed by atoms with E-state index in [4.69, 9.17) is 0 Å². The SMILES string of the molecule is CCCCn1c(SCC(=O)NN2C(=O)NC(CC)(c3ccccc3)C2=O)nc2ccccc2c1=O. The van der Waals surface area contributed by atoms with Gasteiger partial charge < -0.3 is 5.32 Å². The highest BCUT2D eigenvalue weighted by Gasteiger charge is 2.52. The van der Waals surface area contributed by atoms with Gasteiger partial charge in [-0.05, 0) is 30.5 Å². The summed E-state index contributed by atoms with van der Waals surface area (Å²) in [6.07, 6.45) is 2.02. The fourth-order valence-electron chi connectivity index (χ4n) is 4.10. The third-order valence-corrected chi connectivity index (χ3v) is 7.00. The van der Waals surface area contributed by atoms with Gasteiger partial charge in [-0.15, -0.1) is 0 Å². The van der Waals surface area contributed by atoms with E-state index in [1.54, 1.807) is 60.0 Å². The average molecular weight is 494 g/mol. The van der Waals surface area contributed by atoms with E-state index in [-0.39, 0.29) is 11.3 Å². The highest BCUT2D eigenvalue weighted by molar-refractivity contribution is 7.99. The molecule has 3 aromatic rings. The highest BCUT2D eigenvalue weighted by Crippen LogP contribution is 2.31. The molecule has 1 unspecified atom stereocenters. The number of hydrogen-bond acceptors (Lipinski definition) is 6. The number of fused-ring (bicyclic) bond motifs is 1. The van der Waals surface area contributed by atoms with Gasteiger partial charge in [0.1, 0.15) is 5.54 Å². The first kappa shape index (κ1) is 24.5. The highest BCUT2D eigenvalue weighted by atomic mass is 32.2. The van der Waals surface area contributed by atoms with Crippen molar-refractivity contribution in [3.63, 3.8) is 0 Å². The van der Waals surface area contributed by atoms with Gasteiger partial charge in [0.2, 0.25) is 5.91 Å². The van der Waals surface area contributed by atoms with Gasteiger partial charge in [0.25, 0.3) is 11.5 Å². The lowest BCUT2D eigenvalue weighted by Gasteiger charge is -2.25. The molecular formula is C25H27N5O4S. The van der Waals surface area contributed by atoms with Gasteiger partial charge >= 0.3 is 6.03 Å². The molecule has 1 fully saturated rings. The van der Waals surface area contributed by atoms with Crippen LogP contribution in [-0.4, -0.2) is 38.2 Å². The van der Waals surface area contributed by atoms with Gasteiger partial charge in [-0.1, -0.05) is 74.5 Å². The van der Waals surface area contributed by atoms with Gasteiger partial charge in [-0.25, -0.2) is 9.78 Å². The molecule has 1 aromatic heterocycles. The summed E-state index contributed by atoms with van der Waals surface area (Å²) < 4.78 is 1.58. The second-order valence-electron chi connectivity index (χ2n) is 8.24. The lowest BCUT2D eigenvalue weighted by molar-refractivity contribution is -0.138. The molecule has 2 N–H and O–H groups in total. The normalized spacial score (nSPS) is 17.6. The smallest absolute Gasteiger partial charge is 0.318 e. The standard InChI is InChI=1S/C25H27N5O4S/c1-3-5-15-29-21(32)18-13-9-10-14-19(18)26-24(29)35-16-20(31)28-30-22(33)25(4-2,27-23(30)34)17-11-7-6-8-12-17/h6-14H,3-5,15-16H2,1-2H3,(H,27,34)(H,28,31). The quantitative estimate of drug-likeness (QED) is 0.269. The maximum atomic E-state index is 13.2. The number of unbranched alkanes of at least 4 members (excludes halogenated alkanes) is 1. The van der Waals surface area contributed by atoms with Crippen LogP contribution in [0.5, 0.6) is 0 Å². The minimum Gasteiger partial charge on any atom is -0.318 e. The summed E-state index contributed by atoms with van der Waals surface area (Å²) in [5.41, 5.74) is 2.23. The number of hydrogen-bond donors (Lipinski definition) is 2. The van der Waals surface area contributed by atoms with Crippen molar-refractivity contribution >= 4 is 40.5 Å². The molecule has 9 nitrogen and oxygen atoms in total. The first-order chi connectivity index (χ1) is 16.9. The lowest BCUT2D eigenvalue weighted by Crippen LogP contribution is -2.49. The van der Waals surface area contributed by atoms with Crippen molar-refractivity contribution in [1.82, 2.24) is 25.3 Å². The van der Waals surface area contributed by atoms with Crippen LogP contribution in [0.4, 0.5) is 4.79 Å². The van der Waals surface area contributed by atoms with Crippen LogP contribution in [0, 0.1) is 0 Å². The van der Waals surface area contributed by atoms with Crippen LogP contribution in [-0.2, 0) is 21.7 Å². The summed E-state index contributed by atoms with van der Waals surface area (Å²) in [6, 6.07) is 15.3. The summed E-state index contributed by atoms with van der Waals surface area (Å²) in [7, 11) is 0.